The van der Waals surface area contributed by atoms with Crippen molar-refractivity contribution in [3.8, 4) is 0 Å². The Bertz CT molecular complexity index is 616. The monoisotopic (exact) mass is 303 g/mol. The second kappa shape index (κ2) is 6.25. The molecule has 0 spiro atoms. The number of carbonyl (C=O) groups is 1. The maximum Gasteiger partial charge on any atom is 0.318 e. The average molecular weight is 303 g/mol. The molecule has 118 valence electrons. The second-order valence-corrected chi connectivity index (χ2v) is 5.63. The lowest BCUT2D eigenvalue weighted by molar-refractivity contribution is 0.165. The van der Waals surface area contributed by atoms with Gasteiger partial charge in [0.2, 0.25) is 0 Å². The van der Waals surface area contributed by atoms with Crippen LogP contribution in [0.15, 0.2) is 33.4 Å². The van der Waals surface area contributed by atoms with Crippen LogP contribution in [0, 0.1) is 0 Å². The minimum Gasteiger partial charge on any atom is -0.467 e. The van der Waals surface area contributed by atoms with Gasteiger partial charge < -0.3 is 19.2 Å². The lowest BCUT2D eigenvalue weighted by Crippen LogP contribution is -2.42. The highest BCUT2D eigenvalue weighted by Crippen LogP contribution is 2.34. The van der Waals surface area contributed by atoms with Gasteiger partial charge in [-0.2, -0.15) is 0 Å². The Labute approximate surface area is 129 Å². The molecular weight excluding hydrogens is 282 g/mol. The van der Waals surface area contributed by atoms with Crippen LogP contribution in [0.4, 0.5) is 4.79 Å². The number of aromatic nitrogens is 1. The largest absolute Gasteiger partial charge is 0.467 e. The van der Waals surface area contributed by atoms with Crippen molar-refractivity contribution in [2.24, 2.45) is 0 Å². The van der Waals surface area contributed by atoms with E-state index < -0.39 is 0 Å². The summed E-state index contributed by atoms with van der Waals surface area (Å²) in [5.74, 6) is 1.47. The van der Waals surface area contributed by atoms with Crippen LogP contribution < -0.4 is 5.32 Å². The van der Waals surface area contributed by atoms with Gasteiger partial charge in [-0.1, -0.05) is 12.1 Å². The molecule has 0 aromatic carbocycles. The fraction of sp³-hybridized carbons (Fsp3) is 0.500. The van der Waals surface area contributed by atoms with Gasteiger partial charge in [-0.3, -0.25) is 0 Å². The van der Waals surface area contributed by atoms with Crippen molar-refractivity contribution in [1.29, 1.82) is 0 Å². The first-order chi connectivity index (χ1) is 10.7. The van der Waals surface area contributed by atoms with Gasteiger partial charge in [0, 0.05) is 12.1 Å². The van der Waals surface area contributed by atoms with E-state index in [2.05, 4.69) is 10.5 Å². The summed E-state index contributed by atoms with van der Waals surface area (Å²) in [5, 5.41) is 6.84. The van der Waals surface area contributed by atoms with E-state index in [0.717, 1.165) is 30.7 Å². The molecule has 3 rings (SSSR count). The number of hydrogen-bond acceptors (Lipinski definition) is 4. The molecular formula is C16H21N3O3. The van der Waals surface area contributed by atoms with E-state index in [-0.39, 0.29) is 12.1 Å². The highest BCUT2D eigenvalue weighted by Gasteiger charge is 2.37. The zero-order valence-corrected chi connectivity index (χ0v) is 12.9. The van der Waals surface area contributed by atoms with Crippen LogP contribution in [0.2, 0.25) is 0 Å². The second-order valence-electron chi connectivity index (χ2n) is 5.63. The Hall–Kier alpha value is -2.24. The predicted octanol–water partition coefficient (Wildman–Crippen LogP) is 3.27. The van der Waals surface area contributed by atoms with Crippen molar-refractivity contribution in [2.45, 2.75) is 51.7 Å². The van der Waals surface area contributed by atoms with Gasteiger partial charge in [0.1, 0.15) is 5.76 Å². The molecule has 1 N–H and O–H groups in total. The Morgan fingerprint density at radius 1 is 1.55 bits per heavy atom. The molecule has 6 nitrogen and oxygen atoms in total. The molecule has 2 aromatic heterocycles. The molecule has 1 aliphatic carbocycles. The van der Waals surface area contributed by atoms with Gasteiger partial charge in [0.15, 0.2) is 5.76 Å². The summed E-state index contributed by atoms with van der Waals surface area (Å²) in [6.45, 7) is 4.35. The summed E-state index contributed by atoms with van der Waals surface area (Å²) >= 11 is 0. The van der Waals surface area contributed by atoms with Gasteiger partial charge >= 0.3 is 6.03 Å². The van der Waals surface area contributed by atoms with E-state index in [1.54, 1.807) is 6.26 Å². The van der Waals surface area contributed by atoms with Crippen LogP contribution >= 0.6 is 0 Å². The molecule has 0 radical (unpaired) electrons. The van der Waals surface area contributed by atoms with E-state index in [1.165, 1.54) is 0 Å². The summed E-state index contributed by atoms with van der Waals surface area (Å²) in [6.07, 6.45) is 4.54. The number of nitrogens with one attached hydrogen (secondary N) is 1. The molecule has 22 heavy (non-hydrogen) atoms. The molecule has 6 heteroatoms. The van der Waals surface area contributed by atoms with Crippen LogP contribution in [-0.4, -0.2) is 22.1 Å². The van der Waals surface area contributed by atoms with Crippen molar-refractivity contribution >= 4 is 6.03 Å². The van der Waals surface area contributed by atoms with Crippen molar-refractivity contribution in [2.75, 3.05) is 0 Å². The Morgan fingerprint density at radius 2 is 2.36 bits per heavy atom. The third-order valence-corrected chi connectivity index (χ3v) is 3.93. The topological polar surface area (TPSA) is 71.5 Å². The third-order valence-electron chi connectivity index (χ3n) is 3.93. The van der Waals surface area contributed by atoms with E-state index in [4.69, 9.17) is 8.94 Å². The fourth-order valence-corrected chi connectivity index (χ4v) is 2.54. The average Bonchev–Trinajstić information content (AvgIpc) is 3.05. The number of hydrogen-bond donors (Lipinski definition) is 1. The van der Waals surface area contributed by atoms with Gasteiger partial charge in [0.25, 0.3) is 0 Å². The first-order valence-electron chi connectivity index (χ1n) is 7.73. The molecule has 0 aliphatic heterocycles. The third kappa shape index (κ3) is 3.16. The van der Waals surface area contributed by atoms with Crippen molar-refractivity contribution in [3.05, 3.63) is 41.7 Å². The number of amides is 2. The van der Waals surface area contributed by atoms with Crippen LogP contribution in [0.3, 0.4) is 0 Å². The summed E-state index contributed by atoms with van der Waals surface area (Å²) in [7, 11) is 0. The first-order valence-corrected chi connectivity index (χ1v) is 7.73. The molecule has 2 heterocycles. The Morgan fingerprint density at radius 3 is 2.95 bits per heavy atom. The number of carbonyl (C=O) groups excluding carboxylic acids is 1. The van der Waals surface area contributed by atoms with Crippen molar-refractivity contribution in [3.63, 3.8) is 0 Å². The fourth-order valence-electron chi connectivity index (χ4n) is 2.54. The van der Waals surface area contributed by atoms with E-state index in [1.807, 2.05) is 36.9 Å². The Balaban J connectivity index is 1.63. The normalized spacial score (nSPS) is 15.5. The summed E-state index contributed by atoms with van der Waals surface area (Å²) in [4.78, 5) is 14.4. The number of nitrogens with zero attached hydrogens (tertiary/aromatic N) is 2. The quantitative estimate of drug-likeness (QED) is 0.889. The van der Waals surface area contributed by atoms with Gasteiger partial charge in [0.05, 0.1) is 24.5 Å². The lowest BCUT2D eigenvalue weighted by Gasteiger charge is -2.28. The molecule has 1 fully saturated rings. The summed E-state index contributed by atoms with van der Waals surface area (Å²) < 4.78 is 10.6. The molecule has 1 saturated carbocycles. The molecule has 0 saturated heterocycles. The first kappa shape index (κ1) is 14.7. The van der Waals surface area contributed by atoms with Crippen LogP contribution in [-0.2, 0) is 13.0 Å². The number of furan rings is 1. The molecule has 1 atom stereocenters. The standard InChI is InChI=1S/C16H21N3O3/c1-3-12-9-14(22-18-12)10-17-16(20)19(13-6-7-13)11(2)15-5-4-8-21-15/h4-5,8-9,11,13H,3,6-7,10H2,1-2H3,(H,17,20)/t11-/m1/s1. The van der Waals surface area contributed by atoms with E-state index >= 15 is 0 Å². The zero-order valence-electron chi connectivity index (χ0n) is 12.9. The van der Waals surface area contributed by atoms with Crippen LogP contribution in [0.5, 0.6) is 0 Å². The Kier molecular flexibility index (Phi) is 4.18. The minimum atomic E-state index is -0.0964. The molecule has 2 aromatic rings. The maximum absolute atomic E-state index is 12.5. The van der Waals surface area contributed by atoms with Crippen LogP contribution in [0.1, 0.15) is 49.9 Å². The number of rotatable bonds is 6. The SMILES string of the molecule is CCc1cc(CNC(=O)N(C2CC2)[C@H](C)c2ccco2)on1. The summed E-state index contributed by atoms with van der Waals surface area (Å²) in [5.41, 5.74) is 0.896. The molecule has 1 aliphatic rings. The minimum absolute atomic E-state index is 0.0802. The van der Waals surface area contributed by atoms with Crippen LogP contribution in [0.25, 0.3) is 0 Å². The zero-order chi connectivity index (χ0) is 15.5. The van der Waals surface area contributed by atoms with Gasteiger partial charge in [-0.25, -0.2) is 4.79 Å². The van der Waals surface area contributed by atoms with Crippen molar-refractivity contribution < 1.29 is 13.7 Å². The molecule has 0 unspecified atom stereocenters. The van der Waals surface area contributed by atoms with Gasteiger partial charge in [-0.05, 0) is 38.3 Å². The smallest absolute Gasteiger partial charge is 0.318 e. The number of aryl methyl sites for hydroxylation is 1. The molecule has 2 amide bonds. The van der Waals surface area contributed by atoms with Crippen molar-refractivity contribution in [1.82, 2.24) is 15.4 Å². The lowest BCUT2D eigenvalue weighted by atomic mass is 10.2. The van der Waals surface area contributed by atoms with E-state index in [9.17, 15) is 4.79 Å². The van der Waals surface area contributed by atoms with E-state index in [0.29, 0.717) is 18.3 Å². The molecule has 0 bridgehead atoms. The summed E-state index contributed by atoms with van der Waals surface area (Å²) in [6, 6.07) is 5.73. The number of urea groups is 1. The predicted molar refractivity (Wildman–Crippen MR) is 80.1 cm³/mol. The van der Waals surface area contributed by atoms with Gasteiger partial charge in [-0.15, -0.1) is 0 Å². The highest BCUT2D eigenvalue weighted by molar-refractivity contribution is 5.75. The maximum atomic E-state index is 12.5. The highest BCUT2D eigenvalue weighted by atomic mass is 16.5.